The third kappa shape index (κ3) is 7.17. The van der Waals surface area contributed by atoms with E-state index in [2.05, 4.69) is 26.0 Å². The highest BCUT2D eigenvalue weighted by Crippen LogP contribution is 2.42. The smallest absolute Gasteiger partial charge is 0.176 e. The van der Waals surface area contributed by atoms with Crippen LogP contribution < -0.4 is 0 Å². The molecule has 3 rings (SSSR count). The Morgan fingerprint density at radius 1 is 0.643 bits per heavy atom. The predicted octanol–water partition coefficient (Wildman–Crippen LogP) is 7.52. The molecule has 0 aromatic carbocycles. The van der Waals surface area contributed by atoms with Crippen molar-refractivity contribution in [2.75, 3.05) is 13.2 Å². The molecular weight excluding hydrogens is 344 g/mol. The summed E-state index contributed by atoms with van der Waals surface area (Å²) in [6, 6.07) is 0. The molecule has 1 heterocycles. The molecule has 3 aliphatic rings. The minimum absolute atomic E-state index is 0.0889. The van der Waals surface area contributed by atoms with Gasteiger partial charge in [-0.15, -0.1) is 0 Å². The topological polar surface area (TPSA) is 18.5 Å². The first-order valence-corrected chi connectivity index (χ1v) is 12.7. The van der Waals surface area contributed by atoms with Gasteiger partial charge in [0.2, 0.25) is 0 Å². The van der Waals surface area contributed by atoms with Gasteiger partial charge in [-0.05, 0) is 74.7 Å². The van der Waals surface area contributed by atoms with Crippen LogP contribution in [0.3, 0.4) is 0 Å². The molecule has 162 valence electrons. The molecule has 0 radical (unpaired) electrons. The monoisotopic (exact) mass is 390 g/mol. The number of ether oxygens (including phenoxy) is 2. The summed E-state index contributed by atoms with van der Waals surface area (Å²) in [5.41, 5.74) is 0. The Labute approximate surface area is 174 Å². The first-order valence-electron chi connectivity index (χ1n) is 12.7. The second kappa shape index (κ2) is 12.4. The fraction of sp³-hybridized carbons (Fsp3) is 0.923. The fourth-order valence-corrected chi connectivity index (χ4v) is 5.93. The summed E-state index contributed by atoms with van der Waals surface area (Å²) in [6.45, 7) is 6.37. The Kier molecular flexibility index (Phi) is 9.88. The average molecular weight is 391 g/mol. The lowest BCUT2D eigenvalue weighted by Crippen LogP contribution is -2.31. The zero-order valence-electron chi connectivity index (χ0n) is 18.7. The van der Waals surface area contributed by atoms with Crippen LogP contribution in [-0.2, 0) is 9.47 Å². The normalized spacial score (nSPS) is 37.4. The number of rotatable bonds is 9. The molecule has 0 N–H and O–H groups in total. The second-order valence-electron chi connectivity index (χ2n) is 10.0. The van der Waals surface area contributed by atoms with Gasteiger partial charge in [0.1, 0.15) is 0 Å². The Balaban J connectivity index is 1.29. The van der Waals surface area contributed by atoms with Crippen molar-refractivity contribution in [1.29, 1.82) is 0 Å². The Morgan fingerprint density at radius 2 is 1.29 bits per heavy atom. The minimum atomic E-state index is -0.0889. The Morgan fingerprint density at radius 3 is 1.89 bits per heavy atom. The van der Waals surface area contributed by atoms with Gasteiger partial charge in [-0.2, -0.15) is 0 Å². The zero-order valence-corrected chi connectivity index (χ0v) is 18.7. The molecule has 2 heteroatoms. The SMILES string of the molecule is CCCCCC1COC(/C=C/C2CCC(C3CCC(CCC)CC3)CC2)OC1. The summed E-state index contributed by atoms with van der Waals surface area (Å²) in [4.78, 5) is 0. The largest absolute Gasteiger partial charge is 0.349 e. The van der Waals surface area contributed by atoms with Crippen molar-refractivity contribution in [2.24, 2.45) is 29.6 Å². The first kappa shape index (κ1) is 22.3. The van der Waals surface area contributed by atoms with Gasteiger partial charge in [-0.25, -0.2) is 0 Å². The van der Waals surface area contributed by atoms with Gasteiger partial charge in [0.05, 0.1) is 13.2 Å². The lowest BCUT2D eigenvalue weighted by Gasteiger charge is -2.37. The predicted molar refractivity (Wildman–Crippen MR) is 118 cm³/mol. The summed E-state index contributed by atoms with van der Waals surface area (Å²) < 4.78 is 11.9. The van der Waals surface area contributed by atoms with E-state index in [1.165, 1.54) is 89.9 Å². The quantitative estimate of drug-likeness (QED) is 0.299. The van der Waals surface area contributed by atoms with Crippen LogP contribution in [0.4, 0.5) is 0 Å². The van der Waals surface area contributed by atoms with Gasteiger partial charge in [0.25, 0.3) is 0 Å². The number of hydrogen-bond acceptors (Lipinski definition) is 2. The van der Waals surface area contributed by atoms with Crippen molar-refractivity contribution in [3.63, 3.8) is 0 Å². The molecule has 1 aliphatic heterocycles. The van der Waals surface area contributed by atoms with Crippen molar-refractivity contribution in [3.8, 4) is 0 Å². The van der Waals surface area contributed by atoms with Crippen molar-refractivity contribution in [3.05, 3.63) is 12.2 Å². The highest BCUT2D eigenvalue weighted by atomic mass is 16.7. The molecule has 0 bridgehead atoms. The summed E-state index contributed by atoms with van der Waals surface area (Å²) in [5.74, 6) is 4.45. The van der Waals surface area contributed by atoms with E-state index in [0.717, 1.165) is 36.9 Å². The van der Waals surface area contributed by atoms with E-state index in [0.29, 0.717) is 5.92 Å². The lowest BCUT2D eigenvalue weighted by molar-refractivity contribution is -0.175. The van der Waals surface area contributed by atoms with Gasteiger partial charge >= 0.3 is 0 Å². The zero-order chi connectivity index (χ0) is 19.6. The Bertz CT molecular complexity index is 422. The highest BCUT2D eigenvalue weighted by molar-refractivity contribution is 4.95. The molecule has 2 nitrogen and oxygen atoms in total. The summed E-state index contributed by atoms with van der Waals surface area (Å²) in [5, 5.41) is 0. The second-order valence-corrected chi connectivity index (χ2v) is 10.0. The molecule has 2 aliphatic carbocycles. The molecule has 3 fully saturated rings. The first-order chi connectivity index (χ1) is 13.8. The van der Waals surface area contributed by atoms with Crippen LogP contribution in [0.2, 0.25) is 0 Å². The third-order valence-corrected chi connectivity index (χ3v) is 7.82. The third-order valence-electron chi connectivity index (χ3n) is 7.82. The van der Waals surface area contributed by atoms with E-state index in [4.69, 9.17) is 9.47 Å². The van der Waals surface area contributed by atoms with Crippen LogP contribution in [0.5, 0.6) is 0 Å². The fourth-order valence-electron chi connectivity index (χ4n) is 5.93. The van der Waals surface area contributed by atoms with E-state index in [1.807, 2.05) is 0 Å². The molecule has 0 unspecified atom stereocenters. The number of allylic oxidation sites excluding steroid dienone is 1. The van der Waals surface area contributed by atoms with Gasteiger partial charge in [-0.1, -0.05) is 64.9 Å². The van der Waals surface area contributed by atoms with E-state index >= 15 is 0 Å². The Hall–Kier alpha value is -0.340. The molecule has 0 aromatic heterocycles. The van der Waals surface area contributed by atoms with E-state index < -0.39 is 0 Å². The van der Waals surface area contributed by atoms with E-state index in [1.54, 1.807) is 0 Å². The molecular formula is C26H46O2. The highest BCUT2D eigenvalue weighted by Gasteiger charge is 2.30. The average Bonchev–Trinajstić information content (AvgIpc) is 2.75. The van der Waals surface area contributed by atoms with Crippen LogP contribution in [0, 0.1) is 29.6 Å². The maximum atomic E-state index is 5.95. The standard InChI is InChI=1S/C26H46O2/c1-3-5-6-8-23-19-27-26(28-20-23)18-13-22-11-16-25(17-12-22)24-14-9-21(7-4-2)10-15-24/h13,18,21-26H,3-12,14-17,19-20H2,1-2H3/b18-13+. The summed E-state index contributed by atoms with van der Waals surface area (Å²) >= 11 is 0. The molecule has 28 heavy (non-hydrogen) atoms. The maximum Gasteiger partial charge on any atom is 0.176 e. The van der Waals surface area contributed by atoms with Crippen LogP contribution in [-0.4, -0.2) is 19.5 Å². The van der Waals surface area contributed by atoms with E-state index in [9.17, 15) is 0 Å². The van der Waals surface area contributed by atoms with Gasteiger partial charge in [-0.3, -0.25) is 0 Å². The van der Waals surface area contributed by atoms with Gasteiger partial charge < -0.3 is 9.47 Å². The molecule has 0 aromatic rings. The maximum absolute atomic E-state index is 5.95. The van der Waals surface area contributed by atoms with Crippen molar-refractivity contribution in [1.82, 2.24) is 0 Å². The van der Waals surface area contributed by atoms with Gasteiger partial charge in [0.15, 0.2) is 6.29 Å². The molecule has 2 saturated carbocycles. The van der Waals surface area contributed by atoms with E-state index in [-0.39, 0.29) is 6.29 Å². The molecule has 0 atom stereocenters. The van der Waals surface area contributed by atoms with Gasteiger partial charge in [0, 0.05) is 5.92 Å². The molecule has 0 amide bonds. The number of hydrogen-bond donors (Lipinski definition) is 0. The number of unbranched alkanes of at least 4 members (excludes halogenated alkanes) is 2. The van der Waals surface area contributed by atoms with Crippen LogP contribution in [0.15, 0.2) is 12.2 Å². The lowest BCUT2D eigenvalue weighted by atomic mass is 9.69. The molecule has 1 saturated heterocycles. The van der Waals surface area contributed by atoms with Crippen LogP contribution >= 0.6 is 0 Å². The molecule has 0 spiro atoms. The van der Waals surface area contributed by atoms with Crippen molar-refractivity contribution >= 4 is 0 Å². The van der Waals surface area contributed by atoms with Crippen LogP contribution in [0.1, 0.15) is 104 Å². The van der Waals surface area contributed by atoms with Crippen LogP contribution in [0.25, 0.3) is 0 Å². The van der Waals surface area contributed by atoms with Crippen molar-refractivity contribution in [2.45, 2.75) is 110 Å². The van der Waals surface area contributed by atoms with Crippen molar-refractivity contribution < 1.29 is 9.47 Å². The summed E-state index contributed by atoms with van der Waals surface area (Å²) in [7, 11) is 0. The minimum Gasteiger partial charge on any atom is -0.349 e. The summed E-state index contributed by atoms with van der Waals surface area (Å²) in [6.07, 6.45) is 24.3.